The minimum Gasteiger partial charge on any atom is -0.492 e. The van der Waals surface area contributed by atoms with Crippen LogP contribution in [-0.4, -0.2) is 32.4 Å². The van der Waals surface area contributed by atoms with Crippen LogP contribution in [0.1, 0.15) is 19.8 Å². The standard InChI is InChI=1S/C15H23NO2/c1-2-16-15(13-8-10-17-11-9-13)12-18-14-6-4-3-5-7-14/h3-7,13,15-16H,2,8-12H2,1H3. The Bertz CT molecular complexity index is 323. The van der Waals surface area contributed by atoms with Crippen molar-refractivity contribution < 1.29 is 9.47 Å². The fraction of sp³-hybridized carbons (Fsp3) is 0.600. The summed E-state index contributed by atoms with van der Waals surface area (Å²) in [6, 6.07) is 10.5. The lowest BCUT2D eigenvalue weighted by Gasteiger charge is -2.30. The second kappa shape index (κ2) is 7.39. The zero-order chi connectivity index (χ0) is 12.6. The predicted octanol–water partition coefficient (Wildman–Crippen LogP) is 2.47. The Morgan fingerprint density at radius 3 is 2.67 bits per heavy atom. The molecule has 1 fully saturated rings. The Kier molecular flexibility index (Phi) is 5.49. The van der Waals surface area contributed by atoms with Crippen LogP contribution in [0.3, 0.4) is 0 Å². The van der Waals surface area contributed by atoms with Gasteiger partial charge in [0, 0.05) is 19.3 Å². The first-order chi connectivity index (χ1) is 8.90. The summed E-state index contributed by atoms with van der Waals surface area (Å²) in [5.74, 6) is 1.62. The fourth-order valence-corrected chi connectivity index (χ4v) is 2.44. The summed E-state index contributed by atoms with van der Waals surface area (Å²) in [5, 5.41) is 3.54. The van der Waals surface area contributed by atoms with Gasteiger partial charge >= 0.3 is 0 Å². The van der Waals surface area contributed by atoms with E-state index in [2.05, 4.69) is 12.2 Å². The molecule has 1 heterocycles. The van der Waals surface area contributed by atoms with Gasteiger partial charge in [-0.15, -0.1) is 0 Å². The SMILES string of the molecule is CCNC(COc1ccccc1)C1CCOCC1. The number of ether oxygens (including phenoxy) is 2. The van der Waals surface area contributed by atoms with Crippen molar-refractivity contribution in [2.24, 2.45) is 5.92 Å². The second-order valence-corrected chi connectivity index (χ2v) is 4.74. The Labute approximate surface area is 109 Å². The van der Waals surface area contributed by atoms with Gasteiger partial charge in [0.15, 0.2) is 0 Å². The number of benzene rings is 1. The first-order valence-corrected chi connectivity index (χ1v) is 6.89. The largest absolute Gasteiger partial charge is 0.492 e. The molecule has 3 heteroatoms. The first kappa shape index (κ1) is 13.4. The molecule has 2 rings (SSSR count). The molecule has 0 bridgehead atoms. The number of rotatable bonds is 6. The molecule has 1 unspecified atom stereocenters. The van der Waals surface area contributed by atoms with Gasteiger partial charge in [-0.3, -0.25) is 0 Å². The van der Waals surface area contributed by atoms with E-state index in [0.717, 1.165) is 45.0 Å². The van der Waals surface area contributed by atoms with Crippen molar-refractivity contribution in [1.29, 1.82) is 0 Å². The van der Waals surface area contributed by atoms with E-state index >= 15 is 0 Å². The zero-order valence-corrected chi connectivity index (χ0v) is 11.1. The van der Waals surface area contributed by atoms with E-state index in [0.29, 0.717) is 12.0 Å². The van der Waals surface area contributed by atoms with Crippen molar-refractivity contribution in [1.82, 2.24) is 5.32 Å². The molecule has 3 nitrogen and oxygen atoms in total. The Balaban J connectivity index is 1.85. The Morgan fingerprint density at radius 2 is 2.00 bits per heavy atom. The van der Waals surface area contributed by atoms with Crippen molar-refractivity contribution in [3.63, 3.8) is 0 Å². The van der Waals surface area contributed by atoms with Crippen LogP contribution in [0.15, 0.2) is 30.3 Å². The fourth-order valence-electron chi connectivity index (χ4n) is 2.44. The predicted molar refractivity (Wildman–Crippen MR) is 72.9 cm³/mol. The minimum atomic E-state index is 0.430. The molecular weight excluding hydrogens is 226 g/mol. The van der Waals surface area contributed by atoms with E-state index in [9.17, 15) is 0 Å². The second-order valence-electron chi connectivity index (χ2n) is 4.74. The van der Waals surface area contributed by atoms with Crippen LogP contribution in [0.4, 0.5) is 0 Å². The topological polar surface area (TPSA) is 30.5 Å². The molecule has 0 spiro atoms. The van der Waals surface area contributed by atoms with E-state index in [1.54, 1.807) is 0 Å². The van der Waals surface area contributed by atoms with Crippen molar-refractivity contribution in [2.45, 2.75) is 25.8 Å². The minimum absolute atomic E-state index is 0.430. The van der Waals surface area contributed by atoms with Crippen molar-refractivity contribution in [3.05, 3.63) is 30.3 Å². The van der Waals surface area contributed by atoms with E-state index in [1.165, 1.54) is 0 Å². The van der Waals surface area contributed by atoms with Crippen LogP contribution in [0.25, 0.3) is 0 Å². The highest BCUT2D eigenvalue weighted by molar-refractivity contribution is 5.20. The third-order valence-corrected chi connectivity index (χ3v) is 3.47. The van der Waals surface area contributed by atoms with E-state index in [1.807, 2.05) is 30.3 Å². The first-order valence-electron chi connectivity index (χ1n) is 6.89. The molecule has 0 amide bonds. The Hall–Kier alpha value is -1.06. The highest BCUT2D eigenvalue weighted by Crippen LogP contribution is 2.20. The number of para-hydroxylation sites is 1. The molecule has 1 N–H and O–H groups in total. The lowest BCUT2D eigenvalue weighted by atomic mass is 9.92. The maximum atomic E-state index is 5.87. The lowest BCUT2D eigenvalue weighted by Crippen LogP contribution is -2.43. The average molecular weight is 249 g/mol. The summed E-state index contributed by atoms with van der Waals surface area (Å²) < 4.78 is 11.3. The van der Waals surface area contributed by atoms with Gasteiger partial charge in [0.1, 0.15) is 12.4 Å². The summed E-state index contributed by atoms with van der Waals surface area (Å²) in [5.41, 5.74) is 0. The Morgan fingerprint density at radius 1 is 1.28 bits per heavy atom. The molecule has 0 radical (unpaired) electrons. The summed E-state index contributed by atoms with van der Waals surface area (Å²) in [4.78, 5) is 0. The van der Waals surface area contributed by atoms with Gasteiger partial charge in [0.05, 0.1) is 0 Å². The quantitative estimate of drug-likeness (QED) is 0.840. The number of hydrogen-bond donors (Lipinski definition) is 1. The van der Waals surface area contributed by atoms with Crippen molar-refractivity contribution >= 4 is 0 Å². The molecule has 1 saturated heterocycles. The van der Waals surface area contributed by atoms with E-state index in [4.69, 9.17) is 9.47 Å². The van der Waals surface area contributed by atoms with Crippen LogP contribution in [-0.2, 0) is 4.74 Å². The van der Waals surface area contributed by atoms with E-state index < -0.39 is 0 Å². The maximum absolute atomic E-state index is 5.87. The van der Waals surface area contributed by atoms with Gasteiger partial charge < -0.3 is 14.8 Å². The number of likely N-dealkylation sites (N-methyl/N-ethyl adjacent to an activating group) is 1. The molecule has 1 aliphatic heterocycles. The monoisotopic (exact) mass is 249 g/mol. The average Bonchev–Trinajstić information content (AvgIpc) is 2.45. The molecule has 100 valence electrons. The van der Waals surface area contributed by atoms with E-state index in [-0.39, 0.29) is 0 Å². The van der Waals surface area contributed by atoms with Crippen molar-refractivity contribution in [3.8, 4) is 5.75 Å². The van der Waals surface area contributed by atoms with Gasteiger partial charge in [0.25, 0.3) is 0 Å². The molecule has 0 aromatic heterocycles. The summed E-state index contributed by atoms with van der Waals surface area (Å²) in [7, 11) is 0. The molecule has 18 heavy (non-hydrogen) atoms. The van der Waals surface area contributed by atoms with Crippen LogP contribution < -0.4 is 10.1 Å². The normalized spacial score (nSPS) is 18.5. The third-order valence-electron chi connectivity index (χ3n) is 3.47. The van der Waals surface area contributed by atoms with Gasteiger partial charge in [-0.1, -0.05) is 25.1 Å². The van der Waals surface area contributed by atoms with Crippen LogP contribution in [0.5, 0.6) is 5.75 Å². The smallest absolute Gasteiger partial charge is 0.119 e. The van der Waals surface area contributed by atoms with Gasteiger partial charge in [0.2, 0.25) is 0 Å². The molecular formula is C15H23NO2. The summed E-state index contributed by atoms with van der Waals surface area (Å²) in [6.07, 6.45) is 2.27. The molecule has 0 aliphatic carbocycles. The van der Waals surface area contributed by atoms with Gasteiger partial charge in [-0.05, 0) is 37.4 Å². The molecule has 1 aliphatic rings. The highest BCUT2D eigenvalue weighted by atomic mass is 16.5. The third kappa shape index (κ3) is 4.00. The summed E-state index contributed by atoms with van der Waals surface area (Å²) >= 11 is 0. The van der Waals surface area contributed by atoms with Gasteiger partial charge in [-0.2, -0.15) is 0 Å². The van der Waals surface area contributed by atoms with Crippen LogP contribution in [0.2, 0.25) is 0 Å². The zero-order valence-electron chi connectivity index (χ0n) is 11.1. The number of hydrogen-bond acceptors (Lipinski definition) is 3. The molecule has 1 atom stereocenters. The molecule has 0 saturated carbocycles. The van der Waals surface area contributed by atoms with Crippen LogP contribution in [0, 0.1) is 5.92 Å². The van der Waals surface area contributed by atoms with Gasteiger partial charge in [-0.25, -0.2) is 0 Å². The van der Waals surface area contributed by atoms with Crippen LogP contribution >= 0.6 is 0 Å². The van der Waals surface area contributed by atoms with Crippen molar-refractivity contribution in [2.75, 3.05) is 26.4 Å². The molecule has 1 aromatic rings. The lowest BCUT2D eigenvalue weighted by molar-refractivity contribution is 0.0463. The number of nitrogens with one attached hydrogen (secondary N) is 1. The maximum Gasteiger partial charge on any atom is 0.119 e. The summed E-state index contributed by atoms with van der Waals surface area (Å²) in [6.45, 7) is 5.65. The molecule has 1 aromatic carbocycles. The highest BCUT2D eigenvalue weighted by Gasteiger charge is 2.23.